The third kappa shape index (κ3) is 54.1. The number of ether oxygens (including phenoxy) is 3. The lowest BCUT2D eigenvalue weighted by molar-refractivity contribution is -0.166. The lowest BCUT2D eigenvalue weighted by atomic mass is 10.0. The normalized spacial score (nSPS) is 12.5. The molecule has 6 nitrogen and oxygen atoms in total. The van der Waals surface area contributed by atoms with Gasteiger partial charge >= 0.3 is 17.9 Å². The third-order valence-corrected chi connectivity index (χ3v) is 12.8. The highest BCUT2D eigenvalue weighted by Crippen LogP contribution is 2.17. The topological polar surface area (TPSA) is 78.9 Å². The first-order chi connectivity index (χ1) is 33.5. The van der Waals surface area contributed by atoms with Crippen molar-refractivity contribution >= 4 is 17.9 Å². The molecule has 0 aliphatic rings. The van der Waals surface area contributed by atoms with Crippen molar-refractivity contribution < 1.29 is 28.6 Å². The number of carbonyl (C=O) groups is 3. The standard InChI is InChI=1S/C62H110O6/c1-4-7-10-13-16-18-20-22-24-25-26-27-28-29-30-31-32-33-34-35-36-38-39-41-43-46-49-52-55-61(64)67-58-59(57-66-60(63)54-51-48-45-15-12-9-6-3)68-62(65)56-53-50-47-44-42-40-37-23-21-19-17-14-11-8-5-2/h8,11,17,19,23,37,42,44,50,53,59H,4-7,9-10,12-16,18,20-22,24-36,38-41,43,45-49,51-52,54-58H2,1-3H3/b11-8-,19-17-,37-23-,44-42-,53-50-. The molecule has 0 spiro atoms. The lowest BCUT2D eigenvalue weighted by Crippen LogP contribution is -2.30. The van der Waals surface area contributed by atoms with E-state index >= 15 is 0 Å². The third-order valence-electron chi connectivity index (χ3n) is 12.8. The molecule has 6 heteroatoms. The average molecular weight is 952 g/mol. The fraction of sp³-hybridized carbons (Fsp3) is 0.790. The Kier molecular flexibility index (Phi) is 54.3. The van der Waals surface area contributed by atoms with Crippen LogP contribution >= 0.6 is 0 Å². The minimum absolute atomic E-state index is 0.101. The molecular weight excluding hydrogens is 841 g/mol. The van der Waals surface area contributed by atoms with Gasteiger partial charge in [0, 0.05) is 12.8 Å². The van der Waals surface area contributed by atoms with Crippen molar-refractivity contribution in [1.29, 1.82) is 0 Å². The summed E-state index contributed by atoms with van der Waals surface area (Å²) >= 11 is 0. The number of esters is 3. The molecule has 68 heavy (non-hydrogen) atoms. The van der Waals surface area contributed by atoms with Gasteiger partial charge in [-0.25, -0.2) is 0 Å². The summed E-state index contributed by atoms with van der Waals surface area (Å²) < 4.78 is 16.7. The van der Waals surface area contributed by atoms with E-state index in [9.17, 15) is 14.4 Å². The second kappa shape index (κ2) is 56.7. The number of hydrogen-bond acceptors (Lipinski definition) is 6. The predicted octanol–water partition coefficient (Wildman–Crippen LogP) is 19.6. The minimum Gasteiger partial charge on any atom is -0.462 e. The molecule has 0 bridgehead atoms. The summed E-state index contributed by atoms with van der Waals surface area (Å²) in [5.41, 5.74) is 0. The van der Waals surface area contributed by atoms with Gasteiger partial charge in [0.15, 0.2) is 6.10 Å². The van der Waals surface area contributed by atoms with Crippen LogP contribution in [0.25, 0.3) is 0 Å². The zero-order chi connectivity index (χ0) is 49.3. The predicted molar refractivity (Wildman–Crippen MR) is 293 cm³/mol. The molecule has 0 rings (SSSR count). The Labute approximate surface area is 421 Å². The largest absolute Gasteiger partial charge is 0.462 e. The first-order valence-corrected chi connectivity index (χ1v) is 29.3. The van der Waals surface area contributed by atoms with Crippen molar-refractivity contribution in [1.82, 2.24) is 0 Å². The van der Waals surface area contributed by atoms with Crippen LogP contribution in [0.5, 0.6) is 0 Å². The molecule has 1 atom stereocenters. The van der Waals surface area contributed by atoms with E-state index in [1.54, 1.807) is 6.08 Å². The molecular formula is C62H110O6. The maximum absolute atomic E-state index is 12.7. The molecule has 0 aromatic rings. The summed E-state index contributed by atoms with van der Waals surface area (Å²) in [5, 5.41) is 0. The monoisotopic (exact) mass is 951 g/mol. The van der Waals surface area contributed by atoms with Crippen LogP contribution in [0.4, 0.5) is 0 Å². The van der Waals surface area contributed by atoms with E-state index in [2.05, 4.69) is 69.4 Å². The zero-order valence-electron chi connectivity index (χ0n) is 45.1. The molecule has 0 saturated heterocycles. The van der Waals surface area contributed by atoms with Crippen molar-refractivity contribution in [3.63, 3.8) is 0 Å². The zero-order valence-corrected chi connectivity index (χ0v) is 45.1. The van der Waals surface area contributed by atoms with Gasteiger partial charge < -0.3 is 14.2 Å². The van der Waals surface area contributed by atoms with Crippen molar-refractivity contribution in [2.45, 2.75) is 303 Å². The number of unbranched alkanes of at least 4 members (excludes halogenated alkanes) is 33. The van der Waals surface area contributed by atoms with Crippen LogP contribution < -0.4 is 0 Å². The van der Waals surface area contributed by atoms with Gasteiger partial charge in [0.1, 0.15) is 13.2 Å². The van der Waals surface area contributed by atoms with E-state index < -0.39 is 12.1 Å². The molecule has 0 N–H and O–H groups in total. The number of carbonyl (C=O) groups excluding carboxylic acids is 3. The first kappa shape index (κ1) is 65.1. The van der Waals surface area contributed by atoms with Crippen LogP contribution in [-0.2, 0) is 28.6 Å². The van der Waals surface area contributed by atoms with Crippen LogP contribution in [0.1, 0.15) is 297 Å². The average Bonchev–Trinajstić information content (AvgIpc) is 3.34. The molecule has 394 valence electrons. The van der Waals surface area contributed by atoms with Crippen LogP contribution in [0, 0.1) is 0 Å². The molecule has 0 saturated carbocycles. The smallest absolute Gasteiger partial charge is 0.310 e. The Morgan fingerprint density at radius 2 is 0.559 bits per heavy atom. The van der Waals surface area contributed by atoms with Gasteiger partial charge in [-0.15, -0.1) is 0 Å². The van der Waals surface area contributed by atoms with Crippen molar-refractivity contribution in [3.05, 3.63) is 60.8 Å². The summed E-state index contributed by atoms with van der Waals surface area (Å²) in [6, 6.07) is 0. The summed E-state index contributed by atoms with van der Waals surface area (Å²) in [4.78, 5) is 37.8. The van der Waals surface area contributed by atoms with Gasteiger partial charge in [0.2, 0.25) is 0 Å². The van der Waals surface area contributed by atoms with Gasteiger partial charge in [-0.05, 0) is 44.9 Å². The van der Waals surface area contributed by atoms with E-state index in [0.717, 1.165) is 70.6 Å². The van der Waals surface area contributed by atoms with Gasteiger partial charge in [0.05, 0.1) is 6.42 Å². The Hall–Kier alpha value is -2.89. The molecule has 0 aromatic heterocycles. The number of hydrogen-bond donors (Lipinski definition) is 0. The molecule has 0 aromatic carbocycles. The van der Waals surface area contributed by atoms with E-state index in [4.69, 9.17) is 14.2 Å². The van der Waals surface area contributed by atoms with Crippen LogP contribution in [0.15, 0.2) is 60.8 Å². The Balaban J connectivity index is 4.11. The molecule has 0 heterocycles. The maximum Gasteiger partial charge on any atom is 0.310 e. The highest BCUT2D eigenvalue weighted by Gasteiger charge is 2.19. The molecule has 0 fully saturated rings. The summed E-state index contributed by atoms with van der Waals surface area (Å²) in [7, 11) is 0. The van der Waals surface area contributed by atoms with E-state index in [1.807, 2.05) is 6.08 Å². The Bertz CT molecular complexity index is 1230. The van der Waals surface area contributed by atoms with Crippen LogP contribution in [-0.4, -0.2) is 37.2 Å². The number of allylic oxidation sites excluding steroid dienone is 9. The van der Waals surface area contributed by atoms with Gasteiger partial charge in [-0.2, -0.15) is 0 Å². The number of rotatable bonds is 53. The SMILES string of the molecule is CC/C=C\C/C=C\C/C=C\C/C=C\C/C=C\CC(=O)OC(COC(=O)CCCCCCCCC)COC(=O)CCCCCCCCCCCCCCCCCCCCCCCCCCCCCC. The fourth-order valence-corrected chi connectivity index (χ4v) is 8.46. The van der Waals surface area contributed by atoms with Crippen LogP contribution in [0.3, 0.4) is 0 Å². The summed E-state index contributed by atoms with van der Waals surface area (Å²) in [6.07, 6.45) is 71.5. The van der Waals surface area contributed by atoms with Gasteiger partial charge in [0.25, 0.3) is 0 Å². The van der Waals surface area contributed by atoms with Gasteiger partial charge in [-0.1, -0.05) is 293 Å². The highest BCUT2D eigenvalue weighted by molar-refractivity contribution is 5.72. The van der Waals surface area contributed by atoms with Gasteiger partial charge in [-0.3, -0.25) is 14.4 Å². The first-order valence-electron chi connectivity index (χ1n) is 29.3. The van der Waals surface area contributed by atoms with E-state index in [1.165, 1.54) is 186 Å². The summed E-state index contributed by atoms with van der Waals surface area (Å²) in [6.45, 7) is 6.42. The fourth-order valence-electron chi connectivity index (χ4n) is 8.46. The van der Waals surface area contributed by atoms with Crippen molar-refractivity contribution in [2.24, 2.45) is 0 Å². The molecule has 0 amide bonds. The van der Waals surface area contributed by atoms with Crippen molar-refractivity contribution in [3.8, 4) is 0 Å². The minimum atomic E-state index is -0.823. The van der Waals surface area contributed by atoms with E-state index in [0.29, 0.717) is 12.8 Å². The van der Waals surface area contributed by atoms with Crippen molar-refractivity contribution in [2.75, 3.05) is 13.2 Å². The molecule has 0 radical (unpaired) electrons. The Morgan fingerprint density at radius 1 is 0.309 bits per heavy atom. The highest BCUT2D eigenvalue weighted by atomic mass is 16.6. The maximum atomic E-state index is 12.7. The second-order valence-corrected chi connectivity index (χ2v) is 19.6. The molecule has 0 aliphatic carbocycles. The van der Waals surface area contributed by atoms with Crippen LogP contribution in [0.2, 0.25) is 0 Å². The van der Waals surface area contributed by atoms with E-state index in [-0.39, 0.29) is 31.6 Å². The Morgan fingerprint density at radius 3 is 0.838 bits per heavy atom. The quantitative estimate of drug-likeness (QED) is 0.0262. The summed E-state index contributed by atoms with van der Waals surface area (Å²) in [5.74, 6) is -1.04. The molecule has 0 aliphatic heterocycles. The molecule has 1 unspecified atom stereocenters. The second-order valence-electron chi connectivity index (χ2n) is 19.6. The lowest BCUT2D eigenvalue weighted by Gasteiger charge is -2.18.